The first-order valence-electron chi connectivity index (χ1n) is 9.94. The molecule has 1 amide bonds. The molecular weight excluding hydrogens is 406 g/mol. The second kappa shape index (κ2) is 10.6. The number of aryl methyl sites for hydroxylation is 3. The van der Waals surface area contributed by atoms with Crippen LogP contribution in [0.4, 0.5) is 5.69 Å². The largest absolute Gasteiger partial charge is 0.467 e. The third kappa shape index (κ3) is 6.03. The van der Waals surface area contributed by atoms with Crippen molar-refractivity contribution in [3.05, 3.63) is 99.5 Å². The molecule has 31 heavy (non-hydrogen) atoms. The van der Waals surface area contributed by atoms with Crippen molar-refractivity contribution in [1.29, 1.82) is 5.26 Å². The number of para-hydroxylation sites is 1. The monoisotopic (exact) mass is 431 g/mol. The number of hydrogen-bond donors (Lipinski definition) is 2. The predicted molar refractivity (Wildman–Crippen MR) is 125 cm³/mol. The lowest BCUT2D eigenvalue weighted by Crippen LogP contribution is -2.25. The van der Waals surface area contributed by atoms with Crippen molar-refractivity contribution in [2.45, 2.75) is 33.1 Å². The highest BCUT2D eigenvalue weighted by molar-refractivity contribution is 8.02. The van der Waals surface area contributed by atoms with Gasteiger partial charge >= 0.3 is 0 Å². The summed E-state index contributed by atoms with van der Waals surface area (Å²) in [6.07, 6.45) is 1.55. The lowest BCUT2D eigenvalue weighted by atomic mass is 10.1. The molecule has 2 aromatic carbocycles. The molecule has 0 fully saturated rings. The van der Waals surface area contributed by atoms with Gasteiger partial charge in [0.1, 0.15) is 17.4 Å². The van der Waals surface area contributed by atoms with E-state index in [1.165, 1.54) is 22.9 Å². The number of hydrogen-bond acceptors (Lipinski definition) is 5. The van der Waals surface area contributed by atoms with Crippen molar-refractivity contribution >= 4 is 23.4 Å². The number of furan rings is 1. The molecule has 0 aliphatic carbocycles. The van der Waals surface area contributed by atoms with Crippen LogP contribution >= 0.6 is 11.8 Å². The number of thioether (sulfide) groups is 1. The SMILES string of the molecule is Cc1ccc(CSC(Nc2ccccc2C)=C(C#N)C(=O)NCc2ccco2)c(C)c1. The van der Waals surface area contributed by atoms with Gasteiger partial charge in [-0.15, -0.1) is 11.8 Å². The van der Waals surface area contributed by atoms with Gasteiger partial charge in [0.15, 0.2) is 0 Å². The molecule has 0 saturated carbocycles. The highest BCUT2D eigenvalue weighted by Crippen LogP contribution is 2.29. The number of anilines is 1. The molecular formula is C25H25N3O2S. The van der Waals surface area contributed by atoms with Crippen molar-refractivity contribution in [3.63, 3.8) is 0 Å². The highest BCUT2D eigenvalue weighted by Gasteiger charge is 2.18. The van der Waals surface area contributed by atoms with E-state index >= 15 is 0 Å². The van der Waals surface area contributed by atoms with Crippen LogP contribution in [0.3, 0.4) is 0 Å². The van der Waals surface area contributed by atoms with E-state index in [1.807, 2.05) is 31.2 Å². The van der Waals surface area contributed by atoms with Gasteiger partial charge in [-0.25, -0.2) is 0 Å². The van der Waals surface area contributed by atoms with Crippen LogP contribution in [0.1, 0.15) is 28.0 Å². The number of nitrogens with zero attached hydrogens (tertiary/aromatic N) is 1. The minimum absolute atomic E-state index is 0.0459. The van der Waals surface area contributed by atoms with Gasteiger partial charge in [0.05, 0.1) is 17.8 Å². The Hall–Kier alpha value is -3.43. The van der Waals surface area contributed by atoms with Gasteiger partial charge in [-0.05, 0) is 55.7 Å². The van der Waals surface area contributed by atoms with E-state index in [1.54, 1.807) is 18.4 Å². The maximum Gasteiger partial charge on any atom is 0.265 e. The fourth-order valence-corrected chi connectivity index (χ4v) is 4.13. The predicted octanol–water partition coefficient (Wildman–Crippen LogP) is 5.60. The molecule has 0 aliphatic heterocycles. The summed E-state index contributed by atoms with van der Waals surface area (Å²) in [6, 6.07) is 19.7. The van der Waals surface area contributed by atoms with Gasteiger partial charge in [-0.3, -0.25) is 4.79 Å². The summed E-state index contributed by atoms with van der Waals surface area (Å²) >= 11 is 1.44. The van der Waals surface area contributed by atoms with E-state index in [0.717, 1.165) is 16.8 Å². The minimum atomic E-state index is -0.442. The summed E-state index contributed by atoms with van der Waals surface area (Å²) in [6.45, 7) is 6.34. The molecule has 0 saturated heterocycles. The molecule has 1 heterocycles. The minimum Gasteiger partial charge on any atom is -0.467 e. The fraction of sp³-hybridized carbons (Fsp3) is 0.200. The van der Waals surface area contributed by atoms with E-state index < -0.39 is 5.91 Å². The second-order valence-electron chi connectivity index (χ2n) is 7.24. The molecule has 0 unspecified atom stereocenters. The van der Waals surface area contributed by atoms with E-state index in [4.69, 9.17) is 4.42 Å². The zero-order chi connectivity index (χ0) is 22.2. The van der Waals surface area contributed by atoms with E-state index in [9.17, 15) is 10.1 Å². The zero-order valence-electron chi connectivity index (χ0n) is 17.9. The van der Waals surface area contributed by atoms with Crippen molar-refractivity contribution < 1.29 is 9.21 Å². The maximum atomic E-state index is 12.8. The number of nitriles is 1. The van der Waals surface area contributed by atoms with Crippen LogP contribution in [-0.2, 0) is 17.1 Å². The van der Waals surface area contributed by atoms with Gasteiger partial charge in [-0.1, -0.05) is 42.0 Å². The average Bonchev–Trinajstić information content (AvgIpc) is 3.27. The molecule has 0 bridgehead atoms. The number of rotatable bonds is 8. The summed E-state index contributed by atoms with van der Waals surface area (Å²) in [5.41, 5.74) is 5.48. The third-order valence-electron chi connectivity index (χ3n) is 4.83. The van der Waals surface area contributed by atoms with Crippen LogP contribution in [0.5, 0.6) is 0 Å². The number of carbonyl (C=O) groups excluding carboxylic acids is 1. The Morgan fingerprint density at radius 1 is 1.06 bits per heavy atom. The summed E-state index contributed by atoms with van der Waals surface area (Å²) < 4.78 is 5.26. The van der Waals surface area contributed by atoms with Crippen molar-refractivity contribution in [3.8, 4) is 6.07 Å². The Kier molecular flexibility index (Phi) is 7.58. The van der Waals surface area contributed by atoms with Crippen molar-refractivity contribution in [1.82, 2.24) is 5.32 Å². The van der Waals surface area contributed by atoms with Crippen LogP contribution in [-0.4, -0.2) is 5.91 Å². The molecule has 2 N–H and O–H groups in total. The summed E-state index contributed by atoms with van der Waals surface area (Å²) in [5.74, 6) is 0.821. The summed E-state index contributed by atoms with van der Waals surface area (Å²) in [7, 11) is 0. The lowest BCUT2D eigenvalue weighted by Gasteiger charge is -2.16. The molecule has 3 aromatic rings. The first-order valence-corrected chi connectivity index (χ1v) is 10.9. The topological polar surface area (TPSA) is 78.1 Å². The Balaban J connectivity index is 1.87. The van der Waals surface area contributed by atoms with Gasteiger partial charge in [0, 0.05) is 11.4 Å². The quantitative estimate of drug-likeness (QED) is 0.358. The Bertz CT molecular complexity index is 1130. The maximum absolute atomic E-state index is 12.8. The molecule has 0 spiro atoms. The van der Waals surface area contributed by atoms with Crippen LogP contribution in [0, 0.1) is 32.1 Å². The standard InChI is InChI=1S/C25H25N3O2S/c1-17-10-11-20(19(3)13-17)16-31-25(28-23-9-5-4-7-18(23)2)22(14-26)24(29)27-15-21-8-6-12-30-21/h4-13,28H,15-16H2,1-3H3,(H,27,29). The molecule has 6 heteroatoms. The number of carbonyl (C=O) groups is 1. The Morgan fingerprint density at radius 3 is 2.55 bits per heavy atom. The van der Waals surface area contributed by atoms with Gasteiger partial charge in [0.25, 0.3) is 5.91 Å². The summed E-state index contributed by atoms with van der Waals surface area (Å²) in [4.78, 5) is 12.8. The highest BCUT2D eigenvalue weighted by atomic mass is 32.2. The summed E-state index contributed by atoms with van der Waals surface area (Å²) in [5, 5.41) is 16.4. The van der Waals surface area contributed by atoms with Crippen LogP contribution in [0.2, 0.25) is 0 Å². The first kappa shape index (κ1) is 22.3. The van der Waals surface area contributed by atoms with Gasteiger partial charge in [0.2, 0.25) is 0 Å². The molecule has 3 rings (SSSR count). The smallest absolute Gasteiger partial charge is 0.265 e. The van der Waals surface area contributed by atoms with E-state index in [2.05, 4.69) is 48.7 Å². The second-order valence-corrected chi connectivity index (χ2v) is 8.22. The van der Waals surface area contributed by atoms with Gasteiger partial charge < -0.3 is 15.1 Å². The van der Waals surface area contributed by atoms with Crippen LogP contribution in [0.15, 0.2) is 75.9 Å². The van der Waals surface area contributed by atoms with Crippen LogP contribution in [0.25, 0.3) is 0 Å². The number of amides is 1. The lowest BCUT2D eigenvalue weighted by molar-refractivity contribution is -0.117. The first-order chi connectivity index (χ1) is 15.0. The van der Waals surface area contributed by atoms with Crippen molar-refractivity contribution in [2.24, 2.45) is 0 Å². The van der Waals surface area contributed by atoms with E-state index in [0.29, 0.717) is 16.5 Å². The molecule has 0 atom stereocenters. The molecule has 158 valence electrons. The normalized spacial score (nSPS) is 11.4. The number of benzene rings is 2. The van der Waals surface area contributed by atoms with Crippen LogP contribution < -0.4 is 10.6 Å². The average molecular weight is 432 g/mol. The molecule has 5 nitrogen and oxygen atoms in total. The zero-order valence-corrected chi connectivity index (χ0v) is 18.7. The Morgan fingerprint density at radius 2 is 1.87 bits per heavy atom. The molecule has 0 radical (unpaired) electrons. The molecule has 0 aliphatic rings. The van der Waals surface area contributed by atoms with E-state index in [-0.39, 0.29) is 12.1 Å². The molecule has 1 aromatic heterocycles. The van der Waals surface area contributed by atoms with Crippen molar-refractivity contribution in [2.75, 3.05) is 5.32 Å². The Labute approximate surface area is 187 Å². The number of nitrogens with one attached hydrogen (secondary N) is 2. The fourth-order valence-electron chi connectivity index (χ4n) is 3.04. The third-order valence-corrected chi connectivity index (χ3v) is 5.88. The van der Waals surface area contributed by atoms with Gasteiger partial charge in [-0.2, -0.15) is 5.26 Å².